The third kappa shape index (κ3) is 4.95. The van der Waals surface area contributed by atoms with Crippen LogP contribution < -0.4 is 4.74 Å². The van der Waals surface area contributed by atoms with Gasteiger partial charge in [0.1, 0.15) is 5.75 Å². The van der Waals surface area contributed by atoms with Crippen molar-refractivity contribution < 1.29 is 9.53 Å². The molecule has 1 amide bonds. The lowest BCUT2D eigenvalue weighted by atomic mass is 9.95. The minimum atomic E-state index is 0.0932. The van der Waals surface area contributed by atoms with Gasteiger partial charge in [0.05, 0.1) is 18.2 Å². The van der Waals surface area contributed by atoms with Gasteiger partial charge in [-0.25, -0.2) is 0 Å². The molecule has 0 spiro atoms. The summed E-state index contributed by atoms with van der Waals surface area (Å²) in [5.74, 6) is 0.790. The van der Waals surface area contributed by atoms with Crippen molar-refractivity contribution in [1.82, 2.24) is 4.90 Å². The second-order valence-corrected chi connectivity index (χ2v) is 7.84. The Morgan fingerprint density at radius 2 is 1.81 bits per heavy atom. The lowest BCUT2D eigenvalue weighted by molar-refractivity contribution is 0.0581. The Labute approximate surface area is 183 Å². The molecule has 0 radical (unpaired) electrons. The monoisotopic (exact) mass is 410 g/mol. The third-order valence-corrected chi connectivity index (χ3v) is 5.81. The minimum absolute atomic E-state index is 0.0932. The van der Waals surface area contributed by atoms with Gasteiger partial charge in [-0.2, -0.15) is 5.26 Å². The molecule has 1 atom stereocenters. The van der Waals surface area contributed by atoms with Crippen molar-refractivity contribution in [3.8, 4) is 22.9 Å². The van der Waals surface area contributed by atoms with Crippen LogP contribution in [0.5, 0.6) is 5.75 Å². The summed E-state index contributed by atoms with van der Waals surface area (Å²) in [6.07, 6.45) is 3.91. The van der Waals surface area contributed by atoms with Crippen LogP contribution in [0.25, 0.3) is 11.1 Å². The molecule has 156 valence electrons. The van der Waals surface area contributed by atoms with E-state index < -0.39 is 0 Å². The van der Waals surface area contributed by atoms with Gasteiger partial charge in [-0.15, -0.1) is 0 Å². The quantitative estimate of drug-likeness (QED) is 0.525. The summed E-state index contributed by atoms with van der Waals surface area (Å²) < 4.78 is 5.89. The van der Waals surface area contributed by atoms with Crippen LogP contribution in [0, 0.1) is 11.3 Å². The highest BCUT2D eigenvalue weighted by Gasteiger charge is 2.28. The van der Waals surface area contributed by atoms with Gasteiger partial charge in [0.2, 0.25) is 0 Å². The summed E-state index contributed by atoms with van der Waals surface area (Å²) >= 11 is 0. The fourth-order valence-corrected chi connectivity index (χ4v) is 4.23. The van der Waals surface area contributed by atoms with Crippen molar-refractivity contribution >= 4 is 5.91 Å². The molecular weight excluding hydrogens is 384 g/mol. The highest BCUT2D eigenvalue weighted by molar-refractivity contribution is 6.01. The molecule has 0 bridgehead atoms. The highest BCUT2D eigenvalue weighted by Crippen LogP contribution is 2.28. The second kappa shape index (κ2) is 9.95. The van der Waals surface area contributed by atoms with E-state index in [9.17, 15) is 4.79 Å². The first kappa shape index (κ1) is 20.7. The number of hydrogen-bond acceptors (Lipinski definition) is 3. The number of hydrogen-bond donors (Lipinski definition) is 0. The van der Waals surface area contributed by atoms with Crippen molar-refractivity contribution in [2.24, 2.45) is 0 Å². The predicted octanol–water partition coefficient (Wildman–Crippen LogP) is 5.69. The summed E-state index contributed by atoms with van der Waals surface area (Å²) in [5.41, 5.74) is 3.37. The number of piperidine rings is 1. The Bertz CT molecular complexity index is 1070. The Hall–Kier alpha value is -3.58. The van der Waals surface area contributed by atoms with E-state index in [-0.39, 0.29) is 11.9 Å². The maximum atomic E-state index is 13.6. The molecule has 4 rings (SSSR count). The molecule has 3 aromatic rings. The van der Waals surface area contributed by atoms with E-state index in [0.29, 0.717) is 17.9 Å². The van der Waals surface area contributed by atoms with Crippen LogP contribution in [0.4, 0.5) is 0 Å². The zero-order valence-electron chi connectivity index (χ0n) is 17.5. The van der Waals surface area contributed by atoms with Crippen LogP contribution in [0.2, 0.25) is 0 Å². The van der Waals surface area contributed by atoms with E-state index in [4.69, 9.17) is 10.00 Å². The van der Waals surface area contributed by atoms with Crippen LogP contribution in [0.1, 0.15) is 41.6 Å². The molecule has 0 N–H and O–H groups in total. The maximum absolute atomic E-state index is 13.6. The van der Waals surface area contributed by atoms with Crippen molar-refractivity contribution in [1.29, 1.82) is 5.26 Å². The normalized spacial score (nSPS) is 15.8. The topological polar surface area (TPSA) is 53.3 Å². The molecule has 0 saturated carbocycles. The fraction of sp³-hybridized carbons (Fsp3) is 0.259. The average molecular weight is 411 g/mol. The van der Waals surface area contributed by atoms with E-state index >= 15 is 0 Å². The second-order valence-electron chi connectivity index (χ2n) is 7.84. The van der Waals surface area contributed by atoms with Crippen molar-refractivity contribution in [2.75, 3.05) is 13.2 Å². The largest absolute Gasteiger partial charge is 0.493 e. The van der Waals surface area contributed by atoms with Gasteiger partial charge in [0.15, 0.2) is 0 Å². The molecule has 1 aliphatic rings. The summed E-state index contributed by atoms with van der Waals surface area (Å²) in [6, 6.07) is 27.4. The average Bonchev–Trinajstić information content (AvgIpc) is 2.84. The van der Waals surface area contributed by atoms with Crippen molar-refractivity contribution in [3.05, 3.63) is 90.0 Å². The molecule has 31 heavy (non-hydrogen) atoms. The number of nitrogens with zero attached hydrogens (tertiary/aromatic N) is 2. The molecule has 4 heteroatoms. The molecular formula is C27H26N2O2. The third-order valence-electron chi connectivity index (χ3n) is 5.81. The maximum Gasteiger partial charge on any atom is 0.254 e. The van der Waals surface area contributed by atoms with Crippen LogP contribution in [-0.2, 0) is 0 Å². The molecule has 4 nitrogen and oxygen atoms in total. The van der Waals surface area contributed by atoms with E-state index in [2.05, 4.69) is 6.07 Å². The zero-order valence-corrected chi connectivity index (χ0v) is 17.5. The van der Waals surface area contributed by atoms with Crippen LogP contribution >= 0.6 is 0 Å². The molecule has 1 aliphatic heterocycles. The molecule has 1 fully saturated rings. The number of ether oxygens (including phenoxy) is 1. The molecule has 1 heterocycles. The minimum Gasteiger partial charge on any atom is -0.493 e. The van der Waals surface area contributed by atoms with E-state index in [0.717, 1.165) is 48.9 Å². The molecule has 1 saturated heterocycles. The Balaban J connectivity index is 1.48. The summed E-state index contributed by atoms with van der Waals surface area (Å²) in [7, 11) is 0. The Kier molecular flexibility index (Phi) is 6.64. The number of carbonyl (C=O) groups is 1. The summed E-state index contributed by atoms with van der Waals surface area (Å²) in [5, 5.41) is 9.05. The van der Waals surface area contributed by atoms with Gasteiger partial charge < -0.3 is 9.64 Å². The van der Waals surface area contributed by atoms with Gasteiger partial charge >= 0.3 is 0 Å². The van der Waals surface area contributed by atoms with E-state index in [1.54, 1.807) is 12.1 Å². The summed E-state index contributed by atoms with van der Waals surface area (Å²) in [6.45, 7) is 1.29. The number of benzene rings is 3. The van der Waals surface area contributed by atoms with Crippen LogP contribution in [0.15, 0.2) is 78.9 Å². The molecule has 1 unspecified atom stereocenters. The number of amides is 1. The first-order chi connectivity index (χ1) is 15.3. The zero-order chi connectivity index (χ0) is 21.5. The van der Waals surface area contributed by atoms with Crippen molar-refractivity contribution in [3.63, 3.8) is 0 Å². The van der Waals surface area contributed by atoms with Gasteiger partial charge in [-0.3, -0.25) is 4.79 Å². The fourth-order valence-electron chi connectivity index (χ4n) is 4.23. The van der Waals surface area contributed by atoms with Crippen LogP contribution in [-0.4, -0.2) is 30.0 Å². The number of nitriles is 1. The molecule has 0 aromatic heterocycles. The van der Waals surface area contributed by atoms with Gasteiger partial charge in [-0.1, -0.05) is 54.6 Å². The SMILES string of the molecule is N#Cc1cccc(OCCC2CCCCN2C(=O)c2ccccc2-c2ccccc2)c1. The summed E-state index contributed by atoms with van der Waals surface area (Å²) in [4.78, 5) is 15.6. The number of rotatable bonds is 6. The lowest BCUT2D eigenvalue weighted by Gasteiger charge is -2.36. The Morgan fingerprint density at radius 3 is 2.65 bits per heavy atom. The predicted molar refractivity (Wildman–Crippen MR) is 122 cm³/mol. The first-order valence-corrected chi connectivity index (χ1v) is 10.8. The highest BCUT2D eigenvalue weighted by atomic mass is 16.5. The van der Waals surface area contributed by atoms with Crippen LogP contribution in [0.3, 0.4) is 0 Å². The molecule has 3 aromatic carbocycles. The first-order valence-electron chi connectivity index (χ1n) is 10.8. The Morgan fingerprint density at radius 1 is 1.00 bits per heavy atom. The lowest BCUT2D eigenvalue weighted by Crippen LogP contribution is -2.44. The van der Waals surface area contributed by atoms with Gasteiger partial charge in [0.25, 0.3) is 5.91 Å². The van der Waals surface area contributed by atoms with E-state index in [1.807, 2.05) is 71.6 Å². The number of carbonyl (C=O) groups excluding carboxylic acids is 1. The number of likely N-dealkylation sites (tertiary alicyclic amines) is 1. The smallest absolute Gasteiger partial charge is 0.254 e. The van der Waals surface area contributed by atoms with Crippen molar-refractivity contribution in [2.45, 2.75) is 31.7 Å². The van der Waals surface area contributed by atoms with Gasteiger partial charge in [-0.05, 0) is 54.7 Å². The molecule has 0 aliphatic carbocycles. The van der Waals surface area contributed by atoms with E-state index in [1.165, 1.54) is 0 Å². The standard InChI is InChI=1S/C27H26N2O2/c28-20-21-9-8-13-24(19-21)31-18-16-23-12-6-7-17-29(23)27(30)26-15-5-4-14-25(26)22-10-2-1-3-11-22/h1-5,8-11,13-15,19,23H,6-7,12,16-18H2. The van der Waals surface area contributed by atoms with Gasteiger partial charge in [0, 0.05) is 24.6 Å².